The zero-order valence-electron chi connectivity index (χ0n) is 4.30. The van der Waals surface area contributed by atoms with Crippen LogP contribution in [0.1, 0.15) is 0 Å². The molecule has 0 spiro atoms. The molecule has 0 aliphatic carbocycles. The molecule has 0 saturated carbocycles. The van der Waals surface area contributed by atoms with E-state index in [-0.39, 0.29) is 0 Å². The Bertz CT molecular complexity index is 71.3. The third-order valence-electron chi connectivity index (χ3n) is 0.319. The first-order valence-electron chi connectivity index (χ1n) is 1.80. The molecular weight excluding hydrogens is 128 g/mol. The lowest BCUT2D eigenvalue weighted by molar-refractivity contribution is 0.368. The number of rotatable bonds is 1. The van der Waals surface area contributed by atoms with Crippen molar-refractivity contribution >= 4 is 29.2 Å². The Morgan fingerprint density at radius 3 is 2.14 bits per heavy atom. The number of hydrazine groups is 1. The molecule has 0 aromatic heterocycles. The van der Waals surface area contributed by atoms with Gasteiger partial charge in [-0.15, -0.1) is 12.6 Å². The van der Waals surface area contributed by atoms with Crippen LogP contribution in [0.4, 0.5) is 0 Å². The van der Waals surface area contributed by atoms with Gasteiger partial charge >= 0.3 is 0 Å². The number of hydrogen-bond donors (Lipinski definition) is 2. The summed E-state index contributed by atoms with van der Waals surface area (Å²) in [5.41, 5.74) is 2.73. The number of thiol groups is 1. The smallest absolute Gasteiger partial charge is 0.145 e. The normalized spacial score (nSPS) is 9.14. The highest BCUT2D eigenvalue weighted by atomic mass is 32.1. The molecule has 0 atom stereocenters. The molecule has 7 heavy (non-hydrogen) atoms. The quantitative estimate of drug-likeness (QED) is 0.306. The summed E-state index contributed by atoms with van der Waals surface area (Å²) in [6, 6.07) is 0. The number of thiocarbonyl (C=S) groups is 1. The molecule has 0 aromatic carbocycles. The highest BCUT2D eigenvalue weighted by Gasteiger charge is 1.84. The second-order valence-corrected chi connectivity index (χ2v) is 2.47. The molecule has 0 fully saturated rings. The van der Waals surface area contributed by atoms with Crippen LogP contribution < -0.4 is 5.43 Å². The number of nitrogens with zero attached hydrogens (tertiary/aromatic N) is 1. The largest absolute Gasteiger partial charge is 0.305 e. The maximum atomic E-state index is 4.58. The predicted molar refractivity (Wildman–Crippen MR) is 38.4 cm³/mol. The van der Waals surface area contributed by atoms with E-state index >= 15 is 0 Å². The first-order chi connectivity index (χ1) is 3.13. The van der Waals surface area contributed by atoms with Gasteiger partial charge in [0.25, 0.3) is 0 Å². The van der Waals surface area contributed by atoms with Crippen molar-refractivity contribution in [1.82, 2.24) is 10.4 Å². The molecule has 42 valence electrons. The van der Waals surface area contributed by atoms with Gasteiger partial charge in [0.05, 0.1) is 0 Å². The summed E-state index contributed by atoms with van der Waals surface area (Å²) in [7, 11) is 3.70. The van der Waals surface area contributed by atoms with Crippen LogP contribution >= 0.6 is 24.8 Å². The third kappa shape index (κ3) is 6.20. The van der Waals surface area contributed by atoms with Gasteiger partial charge in [-0.2, -0.15) is 0 Å². The van der Waals surface area contributed by atoms with Crippen molar-refractivity contribution in [2.45, 2.75) is 0 Å². The minimum atomic E-state index is 0.491. The van der Waals surface area contributed by atoms with Gasteiger partial charge in [-0.25, -0.2) is 5.01 Å². The molecule has 0 radical (unpaired) electrons. The standard InChI is InChI=1S/C3H8N2S2/c1-5(2)4-3(6)7/h1-2H3,(H2,4,6,7). The molecule has 0 aliphatic heterocycles. The summed E-state index contributed by atoms with van der Waals surface area (Å²) in [5, 5.41) is 1.73. The van der Waals surface area contributed by atoms with Gasteiger partial charge in [0.15, 0.2) is 0 Å². The highest BCUT2D eigenvalue weighted by molar-refractivity contribution is 8.11. The molecule has 4 heteroatoms. The molecule has 0 aliphatic rings. The van der Waals surface area contributed by atoms with E-state index in [4.69, 9.17) is 0 Å². The van der Waals surface area contributed by atoms with Crippen LogP contribution in [0.3, 0.4) is 0 Å². The van der Waals surface area contributed by atoms with Crippen LogP contribution in [0, 0.1) is 0 Å². The van der Waals surface area contributed by atoms with Crippen molar-refractivity contribution in [3.8, 4) is 0 Å². The van der Waals surface area contributed by atoms with Gasteiger partial charge in [0, 0.05) is 14.1 Å². The summed E-state index contributed by atoms with van der Waals surface area (Å²) in [5.74, 6) is 0. The van der Waals surface area contributed by atoms with Gasteiger partial charge < -0.3 is 5.43 Å². The minimum absolute atomic E-state index is 0.491. The van der Waals surface area contributed by atoms with E-state index < -0.39 is 0 Å². The molecule has 0 unspecified atom stereocenters. The van der Waals surface area contributed by atoms with Gasteiger partial charge in [-0.3, -0.25) is 0 Å². The summed E-state index contributed by atoms with van der Waals surface area (Å²) in [4.78, 5) is 0. The fourth-order valence-corrected chi connectivity index (χ4v) is 0.574. The van der Waals surface area contributed by atoms with E-state index in [0.29, 0.717) is 4.32 Å². The molecular formula is C3H8N2S2. The van der Waals surface area contributed by atoms with Crippen molar-refractivity contribution in [2.75, 3.05) is 14.1 Å². The van der Waals surface area contributed by atoms with Crippen LogP contribution in [-0.4, -0.2) is 23.4 Å². The first kappa shape index (κ1) is 7.20. The SMILES string of the molecule is CN(C)NC(=S)S. The second kappa shape index (κ2) is 3.23. The van der Waals surface area contributed by atoms with Crippen LogP contribution in [0.25, 0.3) is 0 Å². The van der Waals surface area contributed by atoms with E-state index in [1.165, 1.54) is 0 Å². The van der Waals surface area contributed by atoms with Crippen molar-refractivity contribution < 1.29 is 0 Å². The van der Waals surface area contributed by atoms with Gasteiger partial charge in [-0.1, -0.05) is 12.2 Å². The fourth-order valence-electron chi connectivity index (χ4n) is 0.191. The molecule has 1 N–H and O–H groups in total. The van der Waals surface area contributed by atoms with Gasteiger partial charge in [-0.05, 0) is 0 Å². The molecule has 2 nitrogen and oxygen atoms in total. The van der Waals surface area contributed by atoms with Crippen LogP contribution in [0.2, 0.25) is 0 Å². The Hall–Kier alpha value is 0.200. The summed E-state index contributed by atoms with van der Waals surface area (Å²) < 4.78 is 0.491. The van der Waals surface area contributed by atoms with Crippen molar-refractivity contribution in [3.05, 3.63) is 0 Å². The Labute approximate surface area is 54.3 Å². The molecule has 0 heterocycles. The van der Waals surface area contributed by atoms with Crippen LogP contribution in [-0.2, 0) is 0 Å². The van der Waals surface area contributed by atoms with Gasteiger partial charge in [0.1, 0.15) is 4.32 Å². The van der Waals surface area contributed by atoms with Crippen molar-refractivity contribution in [3.63, 3.8) is 0 Å². The average Bonchev–Trinajstić information content (AvgIpc) is 1.27. The predicted octanol–water partition coefficient (Wildman–Crippen LogP) is 0.267. The van der Waals surface area contributed by atoms with Crippen molar-refractivity contribution in [2.24, 2.45) is 0 Å². The Balaban J connectivity index is 3.13. The molecule has 0 bridgehead atoms. The van der Waals surface area contributed by atoms with Crippen LogP contribution in [0.5, 0.6) is 0 Å². The molecule has 0 saturated heterocycles. The monoisotopic (exact) mass is 136 g/mol. The van der Waals surface area contributed by atoms with Crippen LogP contribution in [0.15, 0.2) is 0 Å². The Morgan fingerprint density at radius 1 is 1.71 bits per heavy atom. The molecule has 0 aromatic rings. The maximum absolute atomic E-state index is 4.58. The van der Waals surface area contributed by atoms with Crippen molar-refractivity contribution in [1.29, 1.82) is 0 Å². The second-order valence-electron chi connectivity index (χ2n) is 1.31. The lowest BCUT2D eigenvalue weighted by Crippen LogP contribution is -2.31. The van der Waals surface area contributed by atoms with E-state index in [1.54, 1.807) is 5.01 Å². The Kier molecular flexibility index (Phi) is 3.33. The maximum Gasteiger partial charge on any atom is 0.145 e. The lowest BCUT2D eigenvalue weighted by Gasteiger charge is -2.09. The van der Waals surface area contributed by atoms with E-state index in [9.17, 15) is 0 Å². The van der Waals surface area contributed by atoms with E-state index in [1.807, 2.05) is 14.1 Å². The highest BCUT2D eigenvalue weighted by Crippen LogP contribution is 1.75. The Morgan fingerprint density at radius 2 is 2.14 bits per heavy atom. The number of hydrogen-bond acceptors (Lipinski definition) is 2. The van der Waals surface area contributed by atoms with E-state index in [0.717, 1.165) is 0 Å². The summed E-state index contributed by atoms with van der Waals surface area (Å²) in [6.45, 7) is 0. The first-order valence-corrected chi connectivity index (χ1v) is 2.65. The topological polar surface area (TPSA) is 15.3 Å². The third-order valence-corrected chi connectivity index (χ3v) is 0.511. The van der Waals surface area contributed by atoms with Gasteiger partial charge in [0.2, 0.25) is 0 Å². The number of nitrogens with one attached hydrogen (secondary N) is 1. The van der Waals surface area contributed by atoms with E-state index in [2.05, 4.69) is 30.3 Å². The molecule has 0 rings (SSSR count). The zero-order chi connectivity index (χ0) is 5.86. The summed E-state index contributed by atoms with van der Waals surface area (Å²) in [6.07, 6.45) is 0. The zero-order valence-corrected chi connectivity index (χ0v) is 6.01. The minimum Gasteiger partial charge on any atom is -0.305 e. The average molecular weight is 136 g/mol. The summed E-state index contributed by atoms with van der Waals surface area (Å²) >= 11 is 8.40. The lowest BCUT2D eigenvalue weighted by atomic mass is 11.1. The fraction of sp³-hybridized carbons (Fsp3) is 0.667. The molecule has 0 amide bonds.